The fraction of sp³-hybridized carbons (Fsp3) is 0.463. The zero-order valence-corrected chi connectivity index (χ0v) is 34.7. The Labute approximate surface area is 361 Å². The summed E-state index contributed by atoms with van der Waals surface area (Å²) >= 11 is 0. The molecule has 0 radical (unpaired) electrons. The second-order valence-electron chi connectivity index (χ2n) is 14.7. The van der Waals surface area contributed by atoms with E-state index in [1.54, 1.807) is 44.2 Å². The lowest BCUT2D eigenvalue weighted by atomic mass is 9.96. The van der Waals surface area contributed by atoms with Crippen molar-refractivity contribution in [1.82, 2.24) is 31.9 Å². The molecule has 13 N–H and O–H groups in total. The molecule has 2 aromatic rings. The molecule has 22 heteroatoms. The summed E-state index contributed by atoms with van der Waals surface area (Å²) in [5, 5.41) is 61.3. The highest BCUT2D eigenvalue weighted by atomic mass is 16.4. The van der Waals surface area contributed by atoms with Crippen LogP contribution in [0.5, 0.6) is 5.75 Å². The lowest BCUT2D eigenvalue weighted by Gasteiger charge is -2.28. The molecule has 2 rings (SSSR count). The summed E-state index contributed by atoms with van der Waals surface area (Å²) in [7, 11) is 0. The molecule has 0 bridgehead atoms. The van der Waals surface area contributed by atoms with Crippen LogP contribution in [0.25, 0.3) is 0 Å². The summed E-state index contributed by atoms with van der Waals surface area (Å²) in [6.07, 6.45) is -2.89. The molecule has 0 fully saturated rings. The number of rotatable bonds is 28. The Morgan fingerprint density at radius 3 is 1.57 bits per heavy atom. The van der Waals surface area contributed by atoms with Crippen molar-refractivity contribution in [3.63, 3.8) is 0 Å². The fourth-order valence-corrected chi connectivity index (χ4v) is 5.91. The van der Waals surface area contributed by atoms with Gasteiger partial charge in [-0.3, -0.25) is 43.2 Å². The number of aliphatic carboxylic acids is 4. The molecule has 0 aliphatic heterocycles. The van der Waals surface area contributed by atoms with Crippen molar-refractivity contribution in [3.8, 4) is 5.75 Å². The van der Waals surface area contributed by atoms with E-state index in [0.29, 0.717) is 11.1 Å². The van der Waals surface area contributed by atoms with E-state index in [9.17, 15) is 68.4 Å². The van der Waals surface area contributed by atoms with E-state index in [1.807, 2.05) is 0 Å². The minimum Gasteiger partial charge on any atom is -0.508 e. The normalized spacial score (nSPS) is 14.1. The molecule has 0 saturated heterocycles. The van der Waals surface area contributed by atoms with Crippen LogP contribution in [0.15, 0.2) is 54.6 Å². The summed E-state index contributed by atoms with van der Waals surface area (Å²) in [5.41, 5.74) is 6.77. The number of hydrogen-bond acceptors (Lipinski definition) is 12. The summed E-state index contributed by atoms with van der Waals surface area (Å²) < 4.78 is 0. The molecule has 0 aromatic heterocycles. The fourth-order valence-electron chi connectivity index (χ4n) is 5.91. The van der Waals surface area contributed by atoms with Gasteiger partial charge in [0.15, 0.2) is 0 Å². The van der Waals surface area contributed by atoms with Gasteiger partial charge in [-0.1, -0.05) is 62.7 Å². The Hall–Kier alpha value is -7.10. The van der Waals surface area contributed by atoms with Crippen LogP contribution in [0.3, 0.4) is 0 Å². The first-order valence-corrected chi connectivity index (χ1v) is 19.9. The molecule has 2 aromatic carbocycles. The quantitative estimate of drug-likeness (QED) is 0.0476. The SMILES string of the molecule is CC[C@H](C)[C@H](NC(=O)[C@H](CCC(=O)O)NC(=O)[C@@H](N)CCC(=O)O)C(=O)N[C@@H](Cc1ccc(O)cc1)C(=O)NCC(=O)N[C@@H](CCC(=O)O)C(=O)N[C@@H](Cc1ccccc1)C(=O)O. The number of nitrogens with one attached hydrogen (secondary N) is 6. The molecule has 0 aliphatic rings. The first-order chi connectivity index (χ1) is 29.7. The number of hydrogen-bond donors (Lipinski definition) is 12. The molecule has 6 amide bonds. The number of amides is 6. The minimum absolute atomic E-state index is 0.108. The summed E-state index contributed by atoms with van der Waals surface area (Å²) in [6.45, 7) is 2.47. The van der Waals surface area contributed by atoms with Crippen LogP contribution in [0.2, 0.25) is 0 Å². The molecular formula is C41H55N7O15. The number of carbonyl (C=O) groups excluding carboxylic acids is 6. The van der Waals surface area contributed by atoms with E-state index >= 15 is 0 Å². The zero-order chi connectivity index (χ0) is 47.2. The van der Waals surface area contributed by atoms with Gasteiger partial charge in [-0.15, -0.1) is 0 Å². The average Bonchev–Trinajstić information content (AvgIpc) is 3.23. The number of carbonyl (C=O) groups is 10. The van der Waals surface area contributed by atoms with Gasteiger partial charge in [-0.05, 0) is 48.4 Å². The van der Waals surface area contributed by atoms with Gasteiger partial charge in [-0.25, -0.2) is 4.79 Å². The predicted molar refractivity (Wildman–Crippen MR) is 220 cm³/mol. The van der Waals surface area contributed by atoms with E-state index in [1.165, 1.54) is 24.3 Å². The van der Waals surface area contributed by atoms with Gasteiger partial charge in [0, 0.05) is 32.1 Å². The van der Waals surface area contributed by atoms with Crippen molar-refractivity contribution < 1.29 is 73.5 Å². The highest BCUT2D eigenvalue weighted by Crippen LogP contribution is 2.14. The Morgan fingerprint density at radius 2 is 1.03 bits per heavy atom. The first kappa shape index (κ1) is 52.0. The molecule has 0 heterocycles. The van der Waals surface area contributed by atoms with Crippen LogP contribution in [-0.4, -0.2) is 128 Å². The van der Waals surface area contributed by atoms with E-state index in [-0.39, 0.29) is 31.4 Å². The monoisotopic (exact) mass is 885 g/mol. The van der Waals surface area contributed by atoms with Crippen LogP contribution in [0, 0.1) is 5.92 Å². The third-order valence-corrected chi connectivity index (χ3v) is 9.71. The van der Waals surface area contributed by atoms with E-state index in [0.717, 1.165) is 0 Å². The van der Waals surface area contributed by atoms with Crippen molar-refractivity contribution in [2.24, 2.45) is 11.7 Å². The van der Waals surface area contributed by atoms with Crippen molar-refractivity contribution in [2.45, 2.75) is 108 Å². The third kappa shape index (κ3) is 19.4. The second-order valence-corrected chi connectivity index (χ2v) is 14.7. The smallest absolute Gasteiger partial charge is 0.326 e. The minimum atomic E-state index is -1.54. The number of benzene rings is 2. The molecular weight excluding hydrogens is 830 g/mol. The molecule has 7 atom stereocenters. The maximum atomic E-state index is 13.9. The van der Waals surface area contributed by atoms with E-state index < -0.39 is 140 Å². The van der Waals surface area contributed by atoms with Crippen LogP contribution in [0.4, 0.5) is 0 Å². The number of nitrogens with two attached hydrogens (primary N) is 1. The van der Waals surface area contributed by atoms with Crippen LogP contribution >= 0.6 is 0 Å². The average molecular weight is 886 g/mol. The lowest BCUT2D eigenvalue weighted by molar-refractivity contribution is -0.143. The van der Waals surface area contributed by atoms with Crippen molar-refractivity contribution >= 4 is 59.3 Å². The molecule has 0 unspecified atom stereocenters. The molecule has 0 saturated carbocycles. The topological polar surface area (TPSA) is 370 Å². The largest absolute Gasteiger partial charge is 0.508 e. The van der Waals surface area contributed by atoms with Gasteiger partial charge in [0.2, 0.25) is 35.4 Å². The molecule has 0 aliphatic carbocycles. The molecule has 22 nitrogen and oxygen atoms in total. The van der Waals surface area contributed by atoms with E-state index in [4.69, 9.17) is 10.8 Å². The third-order valence-electron chi connectivity index (χ3n) is 9.71. The van der Waals surface area contributed by atoms with Crippen molar-refractivity contribution in [1.29, 1.82) is 0 Å². The highest BCUT2D eigenvalue weighted by molar-refractivity contribution is 5.96. The zero-order valence-electron chi connectivity index (χ0n) is 34.7. The number of phenolic OH excluding ortho intramolecular Hbond substituents is 1. The second kappa shape index (κ2) is 26.3. The lowest BCUT2D eigenvalue weighted by Crippen LogP contribution is -2.60. The summed E-state index contributed by atoms with van der Waals surface area (Å²) in [4.78, 5) is 126. The van der Waals surface area contributed by atoms with Gasteiger partial charge >= 0.3 is 23.9 Å². The van der Waals surface area contributed by atoms with E-state index in [2.05, 4.69) is 31.9 Å². The van der Waals surface area contributed by atoms with Gasteiger partial charge in [0.05, 0.1) is 12.6 Å². The van der Waals surface area contributed by atoms with Gasteiger partial charge in [-0.2, -0.15) is 0 Å². The number of aromatic hydroxyl groups is 1. The maximum Gasteiger partial charge on any atom is 0.326 e. The van der Waals surface area contributed by atoms with Crippen LogP contribution in [-0.2, 0) is 60.8 Å². The molecule has 344 valence electrons. The summed E-state index contributed by atoms with van der Waals surface area (Å²) in [5.74, 6) is -11.7. The number of carboxylic acid groups (broad SMARTS) is 4. The first-order valence-electron chi connectivity index (χ1n) is 19.9. The Morgan fingerprint density at radius 1 is 0.556 bits per heavy atom. The Balaban J connectivity index is 2.29. The molecule has 63 heavy (non-hydrogen) atoms. The van der Waals surface area contributed by atoms with Crippen LogP contribution in [0.1, 0.15) is 69.9 Å². The van der Waals surface area contributed by atoms with Crippen molar-refractivity contribution in [2.75, 3.05) is 6.54 Å². The standard InChI is InChI=1S/C41H55N7O15/c1-3-22(2)35(48-39(60)28(15-18-34(55)56)45-36(57)26(42)13-16-32(51)52)40(61)46-29(19-24-9-11-25(49)12-10-24)37(58)43-21-31(50)44-27(14-17-33(53)54)38(59)47-30(41(62)63)20-23-7-5-4-6-8-23/h4-12,22,26-30,35,49H,3,13-21,42H2,1-2H3,(H,43,58)(H,44,50)(H,45,57)(H,46,61)(H,47,59)(H,48,60)(H,51,52)(H,53,54)(H,55,56)(H,62,63)/t22-,26-,27-,28-,29-,30-,35-/m0/s1. The predicted octanol–water partition coefficient (Wildman–Crippen LogP) is -1.23. The van der Waals surface area contributed by atoms with Crippen LogP contribution < -0.4 is 37.6 Å². The highest BCUT2D eigenvalue weighted by Gasteiger charge is 2.34. The van der Waals surface area contributed by atoms with Gasteiger partial charge in [0.25, 0.3) is 0 Å². The summed E-state index contributed by atoms with van der Waals surface area (Å²) in [6, 6.07) is 5.13. The number of carboxylic acids is 4. The number of phenols is 1. The van der Waals surface area contributed by atoms with Crippen molar-refractivity contribution in [3.05, 3.63) is 65.7 Å². The van der Waals surface area contributed by atoms with Gasteiger partial charge < -0.3 is 63.2 Å². The Kier molecular flexibility index (Phi) is 21.7. The van der Waals surface area contributed by atoms with Gasteiger partial charge in [0.1, 0.15) is 36.0 Å². The molecule has 0 spiro atoms. The maximum absolute atomic E-state index is 13.9. The Bertz CT molecular complexity index is 1930.